The van der Waals surface area contributed by atoms with Gasteiger partial charge >= 0.3 is 0 Å². The molecule has 0 spiro atoms. The zero-order valence-corrected chi connectivity index (χ0v) is 13.7. The predicted octanol–water partition coefficient (Wildman–Crippen LogP) is 5.45. The number of halogens is 2. The fourth-order valence-corrected chi connectivity index (χ4v) is 2.89. The molecular formula is C20H11F2NOS. The van der Waals surface area contributed by atoms with Crippen LogP contribution < -0.4 is 0 Å². The smallest absolute Gasteiger partial charge is 0.180 e. The van der Waals surface area contributed by atoms with Crippen molar-refractivity contribution in [1.29, 1.82) is 5.26 Å². The Morgan fingerprint density at radius 3 is 2.08 bits per heavy atom. The van der Waals surface area contributed by atoms with E-state index in [-0.39, 0.29) is 11.1 Å². The van der Waals surface area contributed by atoms with Crippen LogP contribution in [-0.4, -0.2) is 5.62 Å². The Balaban J connectivity index is 1.94. The van der Waals surface area contributed by atoms with Gasteiger partial charge in [0.15, 0.2) is 5.62 Å². The van der Waals surface area contributed by atoms with Crippen LogP contribution >= 0.6 is 11.8 Å². The van der Waals surface area contributed by atoms with E-state index in [9.17, 15) is 13.6 Å². The van der Waals surface area contributed by atoms with E-state index in [1.54, 1.807) is 30.3 Å². The molecule has 0 saturated heterocycles. The van der Waals surface area contributed by atoms with Crippen LogP contribution in [0.4, 0.5) is 8.78 Å². The minimum absolute atomic E-state index is 0.0749. The van der Waals surface area contributed by atoms with Crippen molar-refractivity contribution in [3.63, 3.8) is 0 Å². The first kappa shape index (κ1) is 16.9. The van der Waals surface area contributed by atoms with Gasteiger partial charge in [-0.2, -0.15) is 5.26 Å². The van der Waals surface area contributed by atoms with Gasteiger partial charge in [0.05, 0.1) is 5.56 Å². The number of carbonyl (C=O) groups is 1. The van der Waals surface area contributed by atoms with Gasteiger partial charge in [0.2, 0.25) is 0 Å². The summed E-state index contributed by atoms with van der Waals surface area (Å²) in [5.41, 5.74) is 2.80. The van der Waals surface area contributed by atoms with Gasteiger partial charge < -0.3 is 0 Å². The Bertz CT molecular complexity index is 978. The molecule has 0 aliphatic rings. The second-order valence-corrected chi connectivity index (χ2v) is 6.14. The topological polar surface area (TPSA) is 40.9 Å². The van der Waals surface area contributed by atoms with Gasteiger partial charge in [-0.25, -0.2) is 8.78 Å². The molecule has 2 nitrogen and oxygen atoms in total. The van der Waals surface area contributed by atoms with E-state index in [2.05, 4.69) is 0 Å². The molecule has 3 aromatic rings. The first-order valence-corrected chi connectivity index (χ1v) is 8.20. The van der Waals surface area contributed by atoms with Crippen LogP contribution in [0.3, 0.4) is 0 Å². The van der Waals surface area contributed by atoms with Gasteiger partial charge in [-0.05, 0) is 47.0 Å². The lowest BCUT2D eigenvalue weighted by Crippen LogP contribution is -1.90. The third-order valence-electron chi connectivity index (χ3n) is 3.74. The number of thioether (sulfide) groups is 1. The average molecular weight is 351 g/mol. The molecule has 5 heteroatoms. The SMILES string of the molecule is N#Cc1ccc(-c2ccc(-c3ccc(SC=O)cc3)cc2F)cc1F. The summed E-state index contributed by atoms with van der Waals surface area (Å²) in [5, 5.41) is 8.77. The zero-order valence-electron chi connectivity index (χ0n) is 12.9. The first-order valence-electron chi connectivity index (χ1n) is 7.32. The molecule has 122 valence electrons. The van der Waals surface area contributed by atoms with E-state index in [4.69, 9.17) is 5.26 Å². The van der Waals surface area contributed by atoms with Crippen LogP contribution in [0.5, 0.6) is 0 Å². The van der Waals surface area contributed by atoms with Crippen LogP contribution in [0.1, 0.15) is 5.56 Å². The summed E-state index contributed by atoms with van der Waals surface area (Å²) in [6, 6.07) is 17.7. The minimum Gasteiger partial charge on any atom is -0.291 e. The molecule has 0 atom stereocenters. The van der Waals surface area contributed by atoms with E-state index >= 15 is 0 Å². The van der Waals surface area contributed by atoms with Crippen molar-refractivity contribution < 1.29 is 13.6 Å². The fraction of sp³-hybridized carbons (Fsp3) is 0. The number of hydrogen-bond donors (Lipinski definition) is 0. The monoisotopic (exact) mass is 351 g/mol. The highest BCUT2D eigenvalue weighted by Gasteiger charge is 2.10. The molecule has 0 radical (unpaired) electrons. The lowest BCUT2D eigenvalue weighted by atomic mass is 9.99. The number of nitriles is 1. The second-order valence-electron chi connectivity index (χ2n) is 5.24. The van der Waals surface area contributed by atoms with Crippen molar-refractivity contribution in [2.45, 2.75) is 4.90 Å². The molecular weight excluding hydrogens is 340 g/mol. The lowest BCUT2D eigenvalue weighted by molar-refractivity contribution is 0.570. The molecule has 0 heterocycles. The number of carbonyl (C=O) groups excluding carboxylic acids is 1. The van der Waals surface area contributed by atoms with Crippen molar-refractivity contribution in [3.05, 3.63) is 77.9 Å². The first-order chi connectivity index (χ1) is 12.1. The Kier molecular flexibility index (Phi) is 4.92. The van der Waals surface area contributed by atoms with Crippen molar-refractivity contribution in [2.75, 3.05) is 0 Å². The summed E-state index contributed by atoms with van der Waals surface area (Å²) in [5.74, 6) is -1.15. The van der Waals surface area contributed by atoms with E-state index in [1.807, 2.05) is 12.1 Å². The second kappa shape index (κ2) is 7.29. The summed E-state index contributed by atoms with van der Waals surface area (Å²) >= 11 is 1.07. The molecule has 25 heavy (non-hydrogen) atoms. The summed E-state index contributed by atoms with van der Waals surface area (Å²) in [6.45, 7) is 0. The van der Waals surface area contributed by atoms with Crippen molar-refractivity contribution in [2.24, 2.45) is 0 Å². The molecule has 3 aromatic carbocycles. The van der Waals surface area contributed by atoms with E-state index in [0.29, 0.717) is 11.1 Å². The van der Waals surface area contributed by atoms with Gasteiger partial charge in [-0.1, -0.05) is 42.1 Å². The molecule has 0 amide bonds. The molecule has 0 bridgehead atoms. The summed E-state index contributed by atoms with van der Waals surface area (Å²) in [4.78, 5) is 11.3. The quantitative estimate of drug-likeness (QED) is 0.463. The molecule has 0 N–H and O–H groups in total. The van der Waals surface area contributed by atoms with Crippen LogP contribution in [0.2, 0.25) is 0 Å². The molecule has 0 unspecified atom stereocenters. The Hall–Kier alpha value is -2.97. The standard InChI is InChI=1S/C20H11F2NOS/c21-19-10-15(1-2-16(19)11-23)18-8-5-14(9-20(18)22)13-3-6-17(7-4-13)25-12-24/h1-10,12H. The van der Waals surface area contributed by atoms with Gasteiger partial charge in [0, 0.05) is 10.5 Å². The van der Waals surface area contributed by atoms with Crippen molar-refractivity contribution in [3.8, 4) is 28.3 Å². The predicted molar refractivity (Wildman–Crippen MR) is 94.6 cm³/mol. The number of benzene rings is 3. The highest BCUT2D eigenvalue weighted by atomic mass is 32.2. The van der Waals surface area contributed by atoms with Crippen molar-refractivity contribution >= 4 is 17.4 Å². The maximum absolute atomic E-state index is 14.5. The average Bonchev–Trinajstić information content (AvgIpc) is 2.62. The molecule has 0 fully saturated rings. The van der Waals surface area contributed by atoms with E-state index in [1.165, 1.54) is 18.2 Å². The molecule has 0 aliphatic carbocycles. The largest absolute Gasteiger partial charge is 0.291 e. The normalized spacial score (nSPS) is 10.3. The third-order valence-corrected chi connectivity index (χ3v) is 4.38. The Labute approximate surface area is 147 Å². The summed E-state index contributed by atoms with van der Waals surface area (Å²) in [7, 11) is 0. The van der Waals surface area contributed by atoms with Gasteiger partial charge in [-0.15, -0.1) is 0 Å². The van der Waals surface area contributed by atoms with Gasteiger partial charge in [0.1, 0.15) is 17.7 Å². The van der Waals surface area contributed by atoms with E-state index in [0.717, 1.165) is 33.9 Å². The zero-order chi connectivity index (χ0) is 17.8. The summed E-state index contributed by atoms with van der Waals surface area (Å²) in [6.07, 6.45) is 0. The lowest BCUT2D eigenvalue weighted by Gasteiger charge is -2.08. The molecule has 0 saturated carbocycles. The van der Waals surface area contributed by atoms with Crippen molar-refractivity contribution in [1.82, 2.24) is 0 Å². The van der Waals surface area contributed by atoms with Crippen LogP contribution in [0, 0.1) is 23.0 Å². The van der Waals surface area contributed by atoms with Crippen LogP contribution in [0.25, 0.3) is 22.3 Å². The Morgan fingerprint density at radius 2 is 1.48 bits per heavy atom. The highest BCUT2D eigenvalue weighted by Crippen LogP contribution is 2.30. The molecule has 0 aliphatic heterocycles. The third kappa shape index (κ3) is 3.59. The van der Waals surface area contributed by atoms with Gasteiger partial charge in [-0.3, -0.25) is 4.79 Å². The fourth-order valence-electron chi connectivity index (χ4n) is 2.48. The van der Waals surface area contributed by atoms with Crippen LogP contribution in [-0.2, 0) is 4.79 Å². The van der Waals surface area contributed by atoms with Gasteiger partial charge in [0.25, 0.3) is 0 Å². The van der Waals surface area contributed by atoms with Crippen LogP contribution in [0.15, 0.2) is 65.6 Å². The number of nitrogens with zero attached hydrogens (tertiary/aromatic N) is 1. The highest BCUT2D eigenvalue weighted by molar-refractivity contribution is 8.11. The number of hydrogen-bond acceptors (Lipinski definition) is 3. The summed E-state index contributed by atoms with van der Waals surface area (Å²) < 4.78 is 28.2. The van der Waals surface area contributed by atoms with E-state index < -0.39 is 11.6 Å². The molecule has 0 aromatic heterocycles. The maximum Gasteiger partial charge on any atom is 0.180 e. The number of rotatable bonds is 4. The molecule has 3 rings (SSSR count). The Morgan fingerprint density at radius 1 is 0.840 bits per heavy atom. The minimum atomic E-state index is -0.674. The maximum atomic E-state index is 14.5.